The third kappa shape index (κ3) is 3.14. The maximum Gasteiger partial charge on any atom is 0.317 e. The highest BCUT2D eigenvalue weighted by molar-refractivity contribution is 7.08. The van der Waals surface area contributed by atoms with Crippen LogP contribution in [0.15, 0.2) is 21.3 Å². The van der Waals surface area contributed by atoms with E-state index in [1.54, 1.807) is 16.2 Å². The number of carboxylic acids is 1. The Kier molecular flexibility index (Phi) is 4.06. The first-order valence-corrected chi connectivity index (χ1v) is 6.42. The lowest BCUT2D eigenvalue weighted by molar-refractivity contribution is -0.138. The predicted octanol–water partition coefficient (Wildman–Crippen LogP) is 1.70. The van der Waals surface area contributed by atoms with Crippen LogP contribution in [0.2, 0.25) is 0 Å². The Morgan fingerprint density at radius 3 is 3.06 bits per heavy atom. The lowest BCUT2D eigenvalue weighted by Gasteiger charge is -2.14. The summed E-state index contributed by atoms with van der Waals surface area (Å²) < 4.78 is 5.13. The molecule has 0 aromatic carbocycles. The third-order valence-electron chi connectivity index (χ3n) is 2.41. The molecule has 0 fully saturated rings. The minimum Gasteiger partial charge on any atom is -0.480 e. The fourth-order valence-corrected chi connectivity index (χ4v) is 2.12. The lowest BCUT2D eigenvalue weighted by atomic mass is 10.3. The van der Waals surface area contributed by atoms with Gasteiger partial charge >= 0.3 is 5.97 Å². The molecular weight excluding hydrogens is 254 g/mol. The van der Waals surface area contributed by atoms with Crippen molar-refractivity contribution in [3.05, 3.63) is 22.7 Å². The number of carboxylic acid groups (broad SMARTS) is 1. The van der Waals surface area contributed by atoms with E-state index in [1.807, 2.05) is 23.8 Å². The normalized spacial score (nSPS) is 11.0. The standard InChI is InChI=1S/C11H13N3O3S/c1-2-14(6-10(15)16)5-9-12-11(17-13-9)8-3-4-18-7-8/h3-4,7H,2,5-6H2,1H3,(H,15,16). The quantitative estimate of drug-likeness (QED) is 0.858. The fraction of sp³-hybridized carbons (Fsp3) is 0.364. The Bertz CT molecular complexity index is 509. The molecule has 96 valence electrons. The molecule has 7 heteroatoms. The Balaban J connectivity index is 2.04. The number of thiophene rings is 1. The fourth-order valence-electron chi connectivity index (χ4n) is 1.49. The van der Waals surface area contributed by atoms with Crippen LogP contribution in [0.25, 0.3) is 11.5 Å². The zero-order valence-corrected chi connectivity index (χ0v) is 10.7. The van der Waals surface area contributed by atoms with Crippen molar-refractivity contribution in [3.63, 3.8) is 0 Å². The highest BCUT2D eigenvalue weighted by Gasteiger charge is 2.14. The number of nitrogens with zero attached hydrogens (tertiary/aromatic N) is 3. The largest absolute Gasteiger partial charge is 0.480 e. The van der Waals surface area contributed by atoms with Crippen molar-refractivity contribution < 1.29 is 14.4 Å². The monoisotopic (exact) mass is 267 g/mol. The molecule has 1 N–H and O–H groups in total. The van der Waals surface area contributed by atoms with Gasteiger partial charge in [-0.2, -0.15) is 16.3 Å². The molecular formula is C11H13N3O3S. The second kappa shape index (κ2) is 5.74. The van der Waals surface area contributed by atoms with Crippen molar-refractivity contribution in [3.8, 4) is 11.5 Å². The van der Waals surface area contributed by atoms with Crippen LogP contribution >= 0.6 is 11.3 Å². The zero-order valence-electron chi connectivity index (χ0n) is 9.87. The van der Waals surface area contributed by atoms with Crippen LogP contribution < -0.4 is 0 Å². The van der Waals surface area contributed by atoms with Gasteiger partial charge in [0.25, 0.3) is 5.89 Å². The van der Waals surface area contributed by atoms with Gasteiger partial charge in [0, 0.05) is 5.38 Å². The summed E-state index contributed by atoms with van der Waals surface area (Å²) in [5.74, 6) is 0.107. The molecule has 0 saturated carbocycles. The van der Waals surface area contributed by atoms with E-state index in [0.717, 1.165) is 5.56 Å². The van der Waals surface area contributed by atoms with Gasteiger partial charge in [0.15, 0.2) is 5.82 Å². The van der Waals surface area contributed by atoms with Gasteiger partial charge in [0.1, 0.15) is 0 Å². The predicted molar refractivity (Wildman–Crippen MR) is 66.2 cm³/mol. The van der Waals surface area contributed by atoms with Gasteiger partial charge in [-0.05, 0) is 18.0 Å². The molecule has 0 spiro atoms. The van der Waals surface area contributed by atoms with Crippen molar-refractivity contribution in [1.82, 2.24) is 15.0 Å². The summed E-state index contributed by atoms with van der Waals surface area (Å²) in [5.41, 5.74) is 0.889. The summed E-state index contributed by atoms with van der Waals surface area (Å²) in [7, 11) is 0. The molecule has 2 rings (SSSR count). The first-order chi connectivity index (χ1) is 8.69. The van der Waals surface area contributed by atoms with E-state index >= 15 is 0 Å². The number of hydrogen-bond acceptors (Lipinski definition) is 6. The van der Waals surface area contributed by atoms with Gasteiger partial charge in [-0.3, -0.25) is 9.69 Å². The molecule has 0 aliphatic carbocycles. The minimum absolute atomic E-state index is 0.0289. The van der Waals surface area contributed by atoms with Gasteiger partial charge in [0.05, 0.1) is 18.7 Å². The van der Waals surface area contributed by atoms with Crippen molar-refractivity contribution in [1.29, 1.82) is 0 Å². The summed E-state index contributed by atoms with van der Waals surface area (Å²) in [5, 5.41) is 16.5. The number of aromatic nitrogens is 2. The molecule has 18 heavy (non-hydrogen) atoms. The Hall–Kier alpha value is -1.73. The number of likely N-dealkylation sites (N-methyl/N-ethyl adjacent to an activating group) is 1. The van der Waals surface area contributed by atoms with Gasteiger partial charge < -0.3 is 9.63 Å². The van der Waals surface area contributed by atoms with Crippen LogP contribution in [0.5, 0.6) is 0 Å². The van der Waals surface area contributed by atoms with E-state index in [0.29, 0.717) is 24.8 Å². The van der Waals surface area contributed by atoms with E-state index in [-0.39, 0.29) is 6.54 Å². The van der Waals surface area contributed by atoms with Crippen LogP contribution in [0.1, 0.15) is 12.7 Å². The minimum atomic E-state index is -0.863. The topological polar surface area (TPSA) is 79.5 Å². The molecule has 0 saturated heterocycles. The summed E-state index contributed by atoms with van der Waals surface area (Å²) in [6.45, 7) is 2.85. The molecule has 6 nitrogen and oxygen atoms in total. The summed E-state index contributed by atoms with van der Waals surface area (Å²) in [6.07, 6.45) is 0. The lowest BCUT2D eigenvalue weighted by Crippen LogP contribution is -2.29. The van der Waals surface area contributed by atoms with Gasteiger partial charge in [-0.15, -0.1) is 0 Å². The maximum absolute atomic E-state index is 10.6. The zero-order chi connectivity index (χ0) is 13.0. The Morgan fingerprint density at radius 2 is 2.44 bits per heavy atom. The molecule has 2 aromatic heterocycles. The van der Waals surface area contributed by atoms with Crippen LogP contribution in [0.3, 0.4) is 0 Å². The molecule has 0 unspecified atom stereocenters. The van der Waals surface area contributed by atoms with Crippen LogP contribution in [-0.2, 0) is 11.3 Å². The van der Waals surface area contributed by atoms with E-state index in [4.69, 9.17) is 9.63 Å². The first-order valence-electron chi connectivity index (χ1n) is 5.48. The van der Waals surface area contributed by atoms with E-state index in [1.165, 1.54) is 0 Å². The van der Waals surface area contributed by atoms with Crippen molar-refractivity contribution >= 4 is 17.3 Å². The molecule has 2 aromatic rings. The number of carbonyl (C=O) groups is 1. The van der Waals surface area contributed by atoms with Crippen molar-refractivity contribution in [2.24, 2.45) is 0 Å². The van der Waals surface area contributed by atoms with Gasteiger partial charge in [-0.1, -0.05) is 12.1 Å². The third-order valence-corrected chi connectivity index (χ3v) is 3.09. The summed E-state index contributed by atoms with van der Waals surface area (Å²) in [4.78, 5) is 16.6. The average Bonchev–Trinajstić information content (AvgIpc) is 2.97. The average molecular weight is 267 g/mol. The smallest absolute Gasteiger partial charge is 0.317 e. The van der Waals surface area contributed by atoms with Crippen LogP contribution in [0, 0.1) is 0 Å². The summed E-state index contributed by atoms with van der Waals surface area (Å²) >= 11 is 1.55. The highest BCUT2D eigenvalue weighted by Crippen LogP contribution is 2.20. The summed E-state index contributed by atoms with van der Waals surface area (Å²) in [6, 6.07) is 1.90. The maximum atomic E-state index is 10.6. The van der Waals surface area contributed by atoms with Crippen LogP contribution in [-0.4, -0.2) is 39.2 Å². The number of aliphatic carboxylic acids is 1. The Morgan fingerprint density at radius 1 is 1.61 bits per heavy atom. The number of hydrogen-bond donors (Lipinski definition) is 1. The SMILES string of the molecule is CCN(CC(=O)O)Cc1noc(-c2ccsc2)n1. The molecule has 0 aliphatic heterocycles. The van der Waals surface area contributed by atoms with Crippen molar-refractivity contribution in [2.45, 2.75) is 13.5 Å². The molecule has 0 atom stereocenters. The van der Waals surface area contributed by atoms with E-state index in [2.05, 4.69) is 10.1 Å². The molecule has 0 aliphatic rings. The first kappa shape index (κ1) is 12.7. The van der Waals surface area contributed by atoms with Crippen LogP contribution in [0.4, 0.5) is 0 Å². The number of rotatable bonds is 6. The highest BCUT2D eigenvalue weighted by atomic mass is 32.1. The van der Waals surface area contributed by atoms with E-state index in [9.17, 15) is 4.79 Å². The molecule has 0 bridgehead atoms. The van der Waals surface area contributed by atoms with Gasteiger partial charge in [-0.25, -0.2) is 0 Å². The second-order valence-corrected chi connectivity index (χ2v) is 4.50. The molecule has 2 heterocycles. The second-order valence-electron chi connectivity index (χ2n) is 3.72. The Labute approximate surface area is 108 Å². The molecule has 0 amide bonds. The van der Waals surface area contributed by atoms with E-state index < -0.39 is 5.97 Å². The molecule has 0 radical (unpaired) electrons. The van der Waals surface area contributed by atoms with Gasteiger partial charge in [0.2, 0.25) is 0 Å². The van der Waals surface area contributed by atoms with Crippen molar-refractivity contribution in [2.75, 3.05) is 13.1 Å².